The first-order valence-corrected chi connectivity index (χ1v) is 4.30. The van der Waals surface area contributed by atoms with Gasteiger partial charge in [-0.05, 0) is 0 Å². The number of hydrogen-bond acceptors (Lipinski definition) is 0. The first kappa shape index (κ1) is 5.82. The molecule has 0 saturated heterocycles. The van der Waals surface area contributed by atoms with Gasteiger partial charge in [-0.3, -0.25) is 0 Å². The molecule has 0 aromatic carbocycles. The van der Waals surface area contributed by atoms with Gasteiger partial charge in [0.15, 0.2) is 0 Å². The van der Waals surface area contributed by atoms with Gasteiger partial charge in [-0.25, -0.2) is 0 Å². The summed E-state index contributed by atoms with van der Waals surface area (Å²) in [6, 6.07) is 0. The average molecular weight is 121 g/mol. The first-order chi connectivity index (χ1) is 4.45. The van der Waals surface area contributed by atoms with Crippen molar-refractivity contribution in [3.63, 3.8) is 0 Å². The molecular weight excluding hydrogens is 107 g/mol. The van der Waals surface area contributed by atoms with Crippen LogP contribution in [0.25, 0.3) is 0 Å². The molecule has 0 nitrogen and oxygen atoms in total. The molecular formula is C8H14B. The lowest BCUT2D eigenvalue weighted by Gasteiger charge is -2.33. The third kappa shape index (κ3) is 1.15. The van der Waals surface area contributed by atoms with Crippen LogP contribution in [0.15, 0.2) is 0 Å². The first-order valence-electron chi connectivity index (χ1n) is 4.30. The summed E-state index contributed by atoms with van der Waals surface area (Å²) >= 11 is 0. The minimum atomic E-state index is 1.04. The third-order valence-corrected chi connectivity index (χ3v) is 2.84. The zero-order chi connectivity index (χ0) is 6.10. The Morgan fingerprint density at radius 2 is 1.22 bits per heavy atom. The van der Waals surface area contributed by atoms with Crippen molar-refractivity contribution >= 4 is 7.28 Å². The van der Waals surface area contributed by atoms with E-state index in [1.54, 1.807) is 0 Å². The summed E-state index contributed by atoms with van der Waals surface area (Å²) in [6.45, 7) is 0. The molecule has 0 N–H and O–H groups in total. The fourth-order valence-corrected chi connectivity index (χ4v) is 1.65. The van der Waals surface area contributed by atoms with Crippen molar-refractivity contribution in [2.45, 2.75) is 50.2 Å². The topological polar surface area (TPSA) is 0 Å². The highest BCUT2D eigenvalue weighted by Crippen LogP contribution is 2.40. The Balaban J connectivity index is 1.64. The predicted octanol–water partition coefficient (Wildman–Crippen LogP) is 2.64. The molecule has 1 heteroatoms. The van der Waals surface area contributed by atoms with Crippen LogP contribution in [-0.4, -0.2) is 7.28 Å². The molecule has 2 aliphatic carbocycles. The zero-order valence-electron chi connectivity index (χ0n) is 5.97. The van der Waals surface area contributed by atoms with E-state index in [2.05, 4.69) is 7.28 Å². The highest BCUT2D eigenvalue weighted by Gasteiger charge is 2.26. The normalized spacial score (nSPS) is 28.9. The predicted molar refractivity (Wildman–Crippen MR) is 41.0 cm³/mol. The fraction of sp³-hybridized carbons (Fsp3) is 1.00. The molecule has 9 heavy (non-hydrogen) atoms. The van der Waals surface area contributed by atoms with Crippen LogP contribution in [0.5, 0.6) is 0 Å². The molecule has 2 fully saturated rings. The Bertz CT molecular complexity index is 80.7. The van der Waals surface area contributed by atoms with E-state index in [1.807, 2.05) is 0 Å². The highest BCUT2D eigenvalue weighted by molar-refractivity contribution is 6.40. The van der Waals surface area contributed by atoms with Crippen LogP contribution in [0.4, 0.5) is 0 Å². The molecule has 0 aromatic heterocycles. The second kappa shape index (κ2) is 2.36. The summed E-state index contributed by atoms with van der Waals surface area (Å²) in [7, 11) is 2.62. The Hall–Kier alpha value is 0.0649. The van der Waals surface area contributed by atoms with E-state index >= 15 is 0 Å². The van der Waals surface area contributed by atoms with E-state index in [1.165, 1.54) is 38.5 Å². The van der Waals surface area contributed by atoms with Crippen molar-refractivity contribution in [1.82, 2.24) is 0 Å². The zero-order valence-corrected chi connectivity index (χ0v) is 5.97. The number of rotatable bonds is 2. The monoisotopic (exact) mass is 121 g/mol. The Morgan fingerprint density at radius 1 is 0.778 bits per heavy atom. The summed E-state index contributed by atoms with van der Waals surface area (Å²) in [4.78, 5) is 0. The second-order valence-corrected chi connectivity index (χ2v) is 3.57. The maximum Gasteiger partial charge on any atom is 0.117 e. The largest absolute Gasteiger partial charge is 0.117 e. The maximum absolute atomic E-state index is 2.62. The van der Waals surface area contributed by atoms with E-state index < -0.39 is 0 Å². The molecule has 2 saturated carbocycles. The molecule has 0 aliphatic heterocycles. The SMILES string of the molecule is [B](C1CCC1)C1CCC1. The molecule has 1 radical (unpaired) electrons. The van der Waals surface area contributed by atoms with Gasteiger partial charge in [-0.15, -0.1) is 0 Å². The van der Waals surface area contributed by atoms with E-state index in [0.717, 1.165) is 11.6 Å². The summed E-state index contributed by atoms with van der Waals surface area (Å²) in [5.74, 6) is 2.07. The highest BCUT2D eigenvalue weighted by atomic mass is 14.2. The van der Waals surface area contributed by atoms with Crippen molar-refractivity contribution in [3.05, 3.63) is 0 Å². The van der Waals surface area contributed by atoms with Gasteiger partial charge in [-0.2, -0.15) is 0 Å². The van der Waals surface area contributed by atoms with Crippen molar-refractivity contribution in [2.75, 3.05) is 0 Å². The van der Waals surface area contributed by atoms with Gasteiger partial charge in [-0.1, -0.05) is 50.2 Å². The lowest BCUT2D eigenvalue weighted by atomic mass is 9.44. The Kier molecular flexibility index (Phi) is 1.53. The molecule has 0 heterocycles. The molecule has 0 bridgehead atoms. The van der Waals surface area contributed by atoms with Gasteiger partial charge < -0.3 is 0 Å². The molecule has 0 spiro atoms. The molecule has 2 aliphatic rings. The van der Waals surface area contributed by atoms with E-state index in [-0.39, 0.29) is 0 Å². The Labute approximate surface area is 58.3 Å². The Morgan fingerprint density at radius 3 is 1.44 bits per heavy atom. The van der Waals surface area contributed by atoms with Crippen LogP contribution in [0.2, 0.25) is 11.6 Å². The van der Waals surface area contributed by atoms with Crippen molar-refractivity contribution in [2.24, 2.45) is 0 Å². The van der Waals surface area contributed by atoms with Crippen LogP contribution in [-0.2, 0) is 0 Å². The summed E-state index contributed by atoms with van der Waals surface area (Å²) in [5.41, 5.74) is 0. The van der Waals surface area contributed by atoms with Crippen LogP contribution >= 0.6 is 0 Å². The van der Waals surface area contributed by atoms with E-state index in [9.17, 15) is 0 Å². The van der Waals surface area contributed by atoms with Gasteiger partial charge in [0, 0.05) is 0 Å². The van der Waals surface area contributed by atoms with Gasteiger partial charge in [0.2, 0.25) is 0 Å². The van der Waals surface area contributed by atoms with Crippen LogP contribution in [0.3, 0.4) is 0 Å². The molecule has 0 aromatic rings. The van der Waals surface area contributed by atoms with Crippen LogP contribution in [0, 0.1) is 0 Å². The van der Waals surface area contributed by atoms with E-state index in [4.69, 9.17) is 0 Å². The number of hydrogen-bond donors (Lipinski definition) is 0. The fourth-order valence-electron chi connectivity index (χ4n) is 1.65. The van der Waals surface area contributed by atoms with Gasteiger partial charge in [0.1, 0.15) is 7.28 Å². The van der Waals surface area contributed by atoms with Crippen LogP contribution < -0.4 is 0 Å². The average Bonchev–Trinajstić information content (AvgIpc) is 1.57. The minimum Gasteiger partial charge on any atom is -0.0686 e. The van der Waals surface area contributed by atoms with Gasteiger partial charge in [0.25, 0.3) is 0 Å². The smallest absolute Gasteiger partial charge is 0.0686 e. The van der Waals surface area contributed by atoms with Gasteiger partial charge >= 0.3 is 0 Å². The van der Waals surface area contributed by atoms with Crippen molar-refractivity contribution in [3.8, 4) is 0 Å². The summed E-state index contributed by atoms with van der Waals surface area (Å²) < 4.78 is 0. The standard InChI is InChI=1S/C8H14B/c1-3-7(4-1)9-8-5-2-6-8/h7-8H,1-6H2. The van der Waals surface area contributed by atoms with Crippen molar-refractivity contribution < 1.29 is 0 Å². The molecule has 2 rings (SSSR count). The lowest BCUT2D eigenvalue weighted by molar-refractivity contribution is 0.455. The van der Waals surface area contributed by atoms with Crippen molar-refractivity contribution in [1.29, 1.82) is 0 Å². The molecule has 49 valence electrons. The van der Waals surface area contributed by atoms with E-state index in [0.29, 0.717) is 0 Å². The third-order valence-electron chi connectivity index (χ3n) is 2.84. The van der Waals surface area contributed by atoms with Gasteiger partial charge in [0.05, 0.1) is 0 Å². The molecule has 0 unspecified atom stereocenters. The quantitative estimate of drug-likeness (QED) is 0.492. The minimum absolute atomic E-state index is 1.04. The molecule has 0 atom stereocenters. The summed E-state index contributed by atoms with van der Waals surface area (Å²) in [5, 5.41) is 0. The molecule has 0 amide bonds. The second-order valence-electron chi connectivity index (χ2n) is 3.57. The lowest BCUT2D eigenvalue weighted by Crippen LogP contribution is -2.21. The summed E-state index contributed by atoms with van der Waals surface area (Å²) in [6.07, 6.45) is 8.97. The maximum atomic E-state index is 2.62. The van der Waals surface area contributed by atoms with Crippen LogP contribution in [0.1, 0.15) is 38.5 Å².